The summed E-state index contributed by atoms with van der Waals surface area (Å²) in [5.74, 6) is 0.917. The molecule has 3 heterocycles. The molecule has 0 radical (unpaired) electrons. The van der Waals surface area contributed by atoms with Crippen molar-refractivity contribution in [1.82, 2.24) is 34.9 Å². The summed E-state index contributed by atoms with van der Waals surface area (Å²) in [5, 5.41) is 11.5. The van der Waals surface area contributed by atoms with Crippen molar-refractivity contribution in [2.24, 2.45) is 0 Å². The Kier molecular flexibility index (Phi) is 5.01. The first-order valence-corrected chi connectivity index (χ1v) is 9.92. The minimum atomic E-state index is -0.458. The fraction of sp³-hybridized carbons (Fsp3) is 0.263. The lowest BCUT2D eigenvalue weighted by Crippen LogP contribution is -2.31. The van der Waals surface area contributed by atoms with Crippen molar-refractivity contribution >= 4 is 34.3 Å². The molecule has 0 spiro atoms. The van der Waals surface area contributed by atoms with Gasteiger partial charge in [-0.05, 0) is 39.0 Å². The summed E-state index contributed by atoms with van der Waals surface area (Å²) < 4.78 is 1.81. The number of carbonyl (C=O) groups excluding carboxylic acids is 1. The van der Waals surface area contributed by atoms with Crippen LogP contribution in [0.1, 0.15) is 24.1 Å². The number of hydrogen-bond donors (Lipinski definition) is 2. The van der Waals surface area contributed by atoms with Crippen LogP contribution in [0.15, 0.2) is 40.3 Å². The Hall–Kier alpha value is -3.27. The van der Waals surface area contributed by atoms with Crippen LogP contribution >= 0.6 is 11.8 Å². The number of thioether (sulfide) groups is 1. The second-order valence-electron chi connectivity index (χ2n) is 6.66. The first kappa shape index (κ1) is 19.1. The standard InChI is InChI=1S/C19H19N7O2S/c1-10-8-11(2)26-15(24-25-18(26)21-10)9-20-16(27)12(3)29-19-22-14-7-5-4-6-13(14)17(28)23-19/h4-8,12H,9H2,1-3H3,(H,20,27)(H,22,23,28). The third-order valence-corrected chi connectivity index (χ3v) is 5.41. The van der Waals surface area contributed by atoms with Gasteiger partial charge >= 0.3 is 0 Å². The number of fused-ring (bicyclic) bond motifs is 2. The molecule has 0 saturated carbocycles. The molecule has 0 aliphatic heterocycles. The van der Waals surface area contributed by atoms with Crippen LogP contribution in [0.5, 0.6) is 0 Å². The van der Waals surface area contributed by atoms with E-state index in [0.29, 0.717) is 27.7 Å². The number of rotatable bonds is 5. The van der Waals surface area contributed by atoms with E-state index in [1.807, 2.05) is 30.4 Å². The molecule has 2 N–H and O–H groups in total. The van der Waals surface area contributed by atoms with Crippen molar-refractivity contribution in [3.63, 3.8) is 0 Å². The average molecular weight is 409 g/mol. The van der Waals surface area contributed by atoms with Crippen LogP contribution in [0.25, 0.3) is 16.7 Å². The Morgan fingerprint density at radius 2 is 2.03 bits per heavy atom. The molecule has 4 rings (SSSR count). The summed E-state index contributed by atoms with van der Waals surface area (Å²) in [5.41, 5.74) is 2.18. The highest BCUT2D eigenvalue weighted by atomic mass is 32.2. The molecule has 1 aromatic carbocycles. The van der Waals surface area contributed by atoms with Crippen LogP contribution in [-0.2, 0) is 11.3 Å². The van der Waals surface area contributed by atoms with Crippen molar-refractivity contribution < 1.29 is 4.79 Å². The highest BCUT2D eigenvalue weighted by molar-refractivity contribution is 8.00. The molecule has 148 valence electrons. The smallest absolute Gasteiger partial charge is 0.259 e. The summed E-state index contributed by atoms with van der Waals surface area (Å²) >= 11 is 1.19. The van der Waals surface area contributed by atoms with E-state index < -0.39 is 5.25 Å². The maximum atomic E-state index is 12.5. The number of aromatic amines is 1. The lowest BCUT2D eigenvalue weighted by Gasteiger charge is -2.11. The number of benzene rings is 1. The summed E-state index contributed by atoms with van der Waals surface area (Å²) in [6.45, 7) is 5.81. The van der Waals surface area contributed by atoms with Gasteiger partial charge in [0.05, 0.1) is 22.7 Å². The van der Waals surface area contributed by atoms with E-state index in [2.05, 4.69) is 30.5 Å². The second-order valence-corrected chi connectivity index (χ2v) is 7.99. The van der Waals surface area contributed by atoms with Gasteiger partial charge in [-0.2, -0.15) is 0 Å². The molecule has 0 saturated heterocycles. The number of para-hydroxylation sites is 1. The fourth-order valence-corrected chi connectivity index (χ4v) is 3.89. The SMILES string of the molecule is Cc1cc(C)n2c(CNC(=O)C(C)Sc3nc4ccccc4c(=O)[nH]3)nnc2n1. The predicted molar refractivity (Wildman–Crippen MR) is 110 cm³/mol. The van der Waals surface area contributed by atoms with Crippen LogP contribution in [0.4, 0.5) is 0 Å². The van der Waals surface area contributed by atoms with E-state index in [9.17, 15) is 9.59 Å². The Bertz CT molecular complexity index is 1280. The van der Waals surface area contributed by atoms with Gasteiger partial charge in [-0.25, -0.2) is 9.97 Å². The van der Waals surface area contributed by atoms with Crippen molar-refractivity contribution in [2.45, 2.75) is 37.7 Å². The molecule has 0 fully saturated rings. The summed E-state index contributed by atoms with van der Waals surface area (Å²) in [4.78, 5) is 36.2. The molecule has 1 unspecified atom stereocenters. The van der Waals surface area contributed by atoms with E-state index in [1.54, 1.807) is 25.1 Å². The maximum absolute atomic E-state index is 12.5. The van der Waals surface area contributed by atoms with E-state index in [1.165, 1.54) is 11.8 Å². The van der Waals surface area contributed by atoms with Crippen molar-refractivity contribution in [3.8, 4) is 0 Å². The Morgan fingerprint density at radius 3 is 2.86 bits per heavy atom. The van der Waals surface area contributed by atoms with E-state index in [-0.39, 0.29) is 18.0 Å². The van der Waals surface area contributed by atoms with Gasteiger partial charge in [0.1, 0.15) is 0 Å². The molecule has 0 aliphatic carbocycles. The topological polar surface area (TPSA) is 118 Å². The summed E-state index contributed by atoms with van der Waals surface area (Å²) in [6, 6.07) is 9.03. The number of aryl methyl sites for hydroxylation is 2. The highest BCUT2D eigenvalue weighted by Crippen LogP contribution is 2.20. The van der Waals surface area contributed by atoms with Gasteiger partial charge < -0.3 is 10.3 Å². The third kappa shape index (κ3) is 3.83. The number of amides is 1. The quantitative estimate of drug-likeness (QED) is 0.381. The monoisotopic (exact) mass is 409 g/mol. The van der Waals surface area contributed by atoms with Crippen LogP contribution in [-0.4, -0.2) is 40.7 Å². The van der Waals surface area contributed by atoms with E-state index in [0.717, 1.165) is 11.4 Å². The lowest BCUT2D eigenvalue weighted by molar-refractivity contribution is -0.120. The van der Waals surface area contributed by atoms with Crippen LogP contribution in [0, 0.1) is 13.8 Å². The van der Waals surface area contributed by atoms with E-state index >= 15 is 0 Å². The molecular formula is C19H19N7O2S. The largest absolute Gasteiger partial charge is 0.348 e. The zero-order valence-electron chi connectivity index (χ0n) is 16.1. The number of hydrogen-bond acceptors (Lipinski definition) is 7. The molecule has 29 heavy (non-hydrogen) atoms. The number of H-pyrrole nitrogens is 1. The zero-order valence-corrected chi connectivity index (χ0v) is 16.9. The Labute approximate surface area is 170 Å². The average Bonchev–Trinajstić information content (AvgIpc) is 3.09. The fourth-order valence-electron chi connectivity index (χ4n) is 3.06. The van der Waals surface area contributed by atoms with Gasteiger partial charge in [-0.3, -0.25) is 14.0 Å². The first-order valence-electron chi connectivity index (χ1n) is 9.04. The first-order chi connectivity index (χ1) is 13.9. The highest BCUT2D eigenvalue weighted by Gasteiger charge is 2.18. The number of nitrogens with zero attached hydrogens (tertiary/aromatic N) is 5. The molecule has 9 nitrogen and oxygen atoms in total. The van der Waals surface area contributed by atoms with Gasteiger partial charge in [0.25, 0.3) is 11.3 Å². The van der Waals surface area contributed by atoms with Gasteiger partial charge in [0.2, 0.25) is 5.91 Å². The lowest BCUT2D eigenvalue weighted by atomic mass is 10.2. The summed E-state index contributed by atoms with van der Waals surface area (Å²) in [7, 11) is 0. The minimum absolute atomic E-state index is 0.194. The molecule has 1 amide bonds. The zero-order chi connectivity index (χ0) is 20.5. The predicted octanol–water partition coefficient (Wildman–Crippen LogP) is 1.77. The molecule has 1 atom stereocenters. The summed E-state index contributed by atoms with van der Waals surface area (Å²) in [6.07, 6.45) is 0. The molecule has 10 heteroatoms. The molecule has 3 aromatic heterocycles. The Morgan fingerprint density at radius 1 is 1.24 bits per heavy atom. The third-order valence-electron chi connectivity index (χ3n) is 4.43. The van der Waals surface area contributed by atoms with Crippen LogP contribution in [0.3, 0.4) is 0 Å². The molecule has 0 aliphatic rings. The normalized spacial score (nSPS) is 12.4. The van der Waals surface area contributed by atoms with Crippen molar-refractivity contribution in [1.29, 1.82) is 0 Å². The number of aromatic nitrogens is 6. The minimum Gasteiger partial charge on any atom is -0.348 e. The van der Waals surface area contributed by atoms with Gasteiger partial charge in [-0.15, -0.1) is 10.2 Å². The van der Waals surface area contributed by atoms with Crippen LogP contribution < -0.4 is 10.9 Å². The van der Waals surface area contributed by atoms with Gasteiger partial charge in [-0.1, -0.05) is 23.9 Å². The van der Waals surface area contributed by atoms with Crippen LogP contribution in [0.2, 0.25) is 0 Å². The second kappa shape index (κ2) is 7.63. The van der Waals surface area contributed by atoms with E-state index in [4.69, 9.17) is 0 Å². The van der Waals surface area contributed by atoms with Gasteiger partial charge in [0.15, 0.2) is 11.0 Å². The number of nitrogens with one attached hydrogen (secondary N) is 2. The van der Waals surface area contributed by atoms with Crippen molar-refractivity contribution in [3.05, 3.63) is 57.9 Å². The van der Waals surface area contributed by atoms with Gasteiger partial charge in [0, 0.05) is 11.4 Å². The Balaban J connectivity index is 1.46. The maximum Gasteiger partial charge on any atom is 0.259 e. The molecule has 4 aromatic rings. The molecule has 0 bridgehead atoms. The molecular weight excluding hydrogens is 390 g/mol. The number of carbonyl (C=O) groups is 1. The van der Waals surface area contributed by atoms with Crippen molar-refractivity contribution in [2.75, 3.05) is 0 Å².